The Hall–Kier alpha value is -1.68. The number of nitrogens with zero attached hydrogens (tertiary/aromatic N) is 3. The summed E-state index contributed by atoms with van der Waals surface area (Å²) in [4.78, 5) is 0. The smallest absolute Gasteiger partial charge is 0.147 e. The summed E-state index contributed by atoms with van der Waals surface area (Å²) in [5, 5.41) is 8.90. The molecule has 4 heteroatoms. The Kier molecular flexibility index (Phi) is 2.37. The fourth-order valence-corrected chi connectivity index (χ4v) is 4.35. The number of benzene rings is 1. The molecule has 1 heterocycles. The van der Waals surface area contributed by atoms with Crippen LogP contribution in [-0.2, 0) is 13.0 Å². The van der Waals surface area contributed by atoms with Gasteiger partial charge in [0.1, 0.15) is 11.6 Å². The van der Waals surface area contributed by atoms with E-state index in [0.717, 1.165) is 11.7 Å². The van der Waals surface area contributed by atoms with Crippen molar-refractivity contribution in [1.82, 2.24) is 14.8 Å². The van der Waals surface area contributed by atoms with Gasteiger partial charge in [0.05, 0.1) is 6.54 Å². The first-order chi connectivity index (χ1) is 10.4. The van der Waals surface area contributed by atoms with E-state index in [1.807, 2.05) is 0 Å². The van der Waals surface area contributed by atoms with Gasteiger partial charge in [0.2, 0.25) is 0 Å². The second kappa shape index (κ2) is 4.17. The Balaban J connectivity index is 1.55. The van der Waals surface area contributed by atoms with Gasteiger partial charge in [0.25, 0.3) is 0 Å². The number of aromatic nitrogens is 3. The molecule has 3 aliphatic carbocycles. The summed E-state index contributed by atoms with van der Waals surface area (Å²) >= 11 is 0. The molecule has 2 aromatic rings. The summed E-state index contributed by atoms with van der Waals surface area (Å²) in [6.45, 7) is 0.502. The Labute approximate surface area is 124 Å². The second-order valence-corrected chi connectivity index (χ2v) is 6.73. The maximum atomic E-state index is 5.85. The number of hydrogen-bond acceptors (Lipinski definition) is 3. The standard InChI is InChI=1S/C17H20N4/c18-9-14-19-20-17(21(14)11-6-7-11)16-13-8-5-10-3-1-2-4-12(10)15(13)16/h1-4,11,13,15-16H,5-9,18H2. The fraction of sp³-hybridized carbons (Fsp3) is 0.529. The molecule has 2 saturated carbocycles. The van der Waals surface area contributed by atoms with Crippen LogP contribution in [0.15, 0.2) is 24.3 Å². The van der Waals surface area contributed by atoms with Gasteiger partial charge in [-0.05, 0) is 48.6 Å². The molecule has 0 saturated heterocycles. The summed E-state index contributed by atoms with van der Waals surface area (Å²) in [5.74, 6) is 4.20. The molecule has 0 amide bonds. The highest BCUT2D eigenvalue weighted by molar-refractivity contribution is 5.43. The maximum Gasteiger partial charge on any atom is 0.147 e. The van der Waals surface area contributed by atoms with Crippen molar-refractivity contribution in [3.63, 3.8) is 0 Å². The third kappa shape index (κ3) is 1.65. The quantitative estimate of drug-likeness (QED) is 0.940. The molecule has 0 bridgehead atoms. The van der Waals surface area contributed by atoms with Gasteiger partial charge in [-0.1, -0.05) is 24.3 Å². The summed E-state index contributed by atoms with van der Waals surface area (Å²) in [6.07, 6.45) is 5.03. The van der Waals surface area contributed by atoms with Crippen LogP contribution in [0.4, 0.5) is 0 Å². The van der Waals surface area contributed by atoms with Crippen molar-refractivity contribution in [3.8, 4) is 0 Å². The molecule has 4 nitrogen and oxygen atoms in total. The molecular formula is C17H20N4. The van der Waals surface area contributed by atoms with Gasteiger partial charge in [-0.2, -0.15) is 0 Å². The minimum atomic E-state index is 0.502. The third-order valence-electron chi connectivity index (χ3n) is 5.52. The van der Waals surface area contributed by atoms with Crippen LogP contribution in [0.25, 0.3) is 0 Å². The van der Waals surface area contributed by atoms with E-state index < -0.39 is 0 Å². The van der Waals surface area contributed by atoms with Crippen LogP contribution >= 0.6 is 0 Å². The molecule has 2 fully saturated rings. The highest BCUT2D eigenvalue weighted by Crippen LogP contribution is 2.65. The maximum absolute atomic E-state index is 5.85. The van der Waals surface area contributed by atoms with Gasteiger partial charge in [-0.3, -0.25) is 0 Å². The van der Waals surface area contributed by atoms with Gasteiger partial charge < -0.3 is 10.3 Å². The normalized spacial score (nSPS) is 29.9. The number of aryl methyl sites for hydroxylation is 1. The van der Waals surface area contributed by atoms with Gasteiger partial charge in [-0.25, -0.2) is 0 Å². The number of hydrogen-bond donors (Lipinski definition) is 1. The summed E-state index contributed by atoms with van der Waals surface area (Å²) in [5.41, 5.74) is 8.94. The lowest BCUT2D eigenvalue weighted by molar-refractivity contribution is 0.616. The van der Waals surface area contributed by atoms with E-state index in [4.69, 9.17) is 5.73 Å². The molecular weight excluding hydrogens is 260 g/mol. The highest BCUT2D eigenvalue weighted by Gasteiger charge is 2.56. The second-order valence-electron chi connectivity index (χ2n) is 6.73. The lowest BCUT2D eigenvalue weighted by atomic mass is 9.92. The average molecular weight is 280 g/mol. The number of nitrogens with two attached hydrogens (primary N) is 1. The SMILES string of the molecule is NCc1nnc(C2C3CCc4ccccc4C32)n1C1CC1. The predicted octanol–water partition coefficient (Wildman–Crippen LogP) is 2.52. The van der Waals surface area contributed by atoms with E-state index in [0.29, 0.717) is 24.4 Å². The van der Waals surface area contributed by atoms with Gasteiger partial charge in [0, 0.05) is 12.0 Å². The first-order valence-electron chi connectivity index (χ1n) is 8.10. The molecule has 3 unspecified atom stereocenters. The lowest BCUT2D eigenvalue weighted by Gasteiger charge is -2.13. The van der Waals surface area contributed by atoms with Crippen molar-refractivity contribution < 1.29 is 0 Å². The largest absolute Gasteiger partial charge is 0.324 e. The Morgan fingerprint density at radius 3 is 2.76 bits per heavy atom. The number of fused-ring (bicyclic) bond motifs is 3. The van der Waals surface area contributed by atoms with Crippen molar-refractivity contribution in [2.24, 2.45) is 11.7 Å². The third-order valence-corrected chi connectivity index (χ3v) is 5.52. The van der Waals surface area contributed by atoms with E-state index in [9.17, 15) is 0 Å². The first-order valence-corrected chi connectivity index (χ1v) is 8.10. The molecule has 3 aliphatic rings. The van der Waals surface area contributed by atoms with E-state index in [2.05, 4.69) is 39.0 Å². The first kappa shape index (κ1) is 11.9. The van der Waals surface area contributed by atoms with Crippen molar-refractivity contribution in [3.05, 3.63) is 47.0 Å². The van der Waals surface area contributed by atoms with E-state index >= 15 is 0 Å². The minimum absolute atomic E-state index is 0.502. The van der Waals surface area contributed by atoms with Crippen LogP contribution in [0.1, 0.15) is 59.9 Å². The molecule has 21 heavy (non-hydrogen) atoms. The highest BCUT2D eigenvalue weighted by atomic mass is 15.3. The predicted molar refractivity (Wildman–Crippen MR) is 79.9 cm³/mol. The fourth-order valence-electron chi connectivity index (χ4n) is 4.35. The monoisotopic (exact) mass is 280 g/mol. The molecule has 0 spiro atoms. The Morgan fingerprint density at radius 1 is 1.10 bits per heavy atom. The molecule has 2 N–H and O–H groups in total. The zero-order chi connectivity index (χ0) is 14.0. The number of rotatable bonds is 3. The van der Waals surface area contributed by atoms with Gasteiger partial charge in [-0.15, -0.1) is 10.2 Å². The van der Waals surface area contributed by atoms with Crippen LogP contribution in [0, 0.1) is 5.92 Å². The summed E-state index contributed by atoms with van der Waals surface area (Å²) < 4.78 is 2.37. The Morgan fingerprint density at radius 2 is 1.95 bits per heavy atom. The van der Waals surface area contributed by atoms with Crippen LogP contribution in [0.2, 0.25) is 0 Å². The molecule has 1 aromatic carbocycles. The molecule has 0 radical (unpaired) electrons. The van der Waals surface area contributed by atoms with Crippen molar-refractivity contribution in [2.45, 2.75) is 50.1 Å². The van der Waals surface area contributed by atoms with Crippen molar-refractivity contribution in [1.29, 1.82) is 0 Å². The summed E-state index contributed by atoms with van der Waals surface area (Å²) in [6, 6.07) is 9.56. The van der Waals surface area contributed by atoms with Crippen LogP contribution in [0.5, 0.6) is 0 Å². The van der Waals surface area contributed by atoms with E-state index in [-0.39, 0.29) is 0 Å². The van der Waals surface area contributed by atoms with Crippen LogP contribution in [0.3, 0.4) is 0 Å². The lowest BCUT2D eigenvalue weighted by Crippen LogP contribution is -2.09. The van der Waals surface area contributed by atoms with Crippen molar-refractivity contribution >= 4 is 0 Å². The van der Waals surface area contributed by atoms with E-state index in [1.54, 1.807) is 5.56 Å². The summed E-state index contributed by atoms with van der Waals surface area (Å²) in [7, 11) is 0. The van der Waals surface area contributed by atoms with Gasteiger partial charge >= 0.3 is 0 Å². The topological polar surface area (TPSA) is 56.7 Å². The minimum Gasteiger partial charge on any atom is -0.324 e. The van der Waals surface area contributed by atoms with Crippen LogP contribution < -0.4 is 5.73 Å². The molecule has 108 valence electrons. The van der Waals surface area contributed by atoms with E-state index in [1.165, 1.54) is 37.1 Å². The molecule has 5 rings (SSSR count). The van der Waals surface area contributed by atoms with Crippen molar-refractivity contribution in [2.75, 3.05) is 0 Å². The average Bonchev–Trinajstić information content (AvgIpc) is 3.44. The van der Waals surface area contributed by atoms with Crippen LogP contribution in [-0.4, -0.2) is 14.8 Å². The molecule has 0 aliphatic heterocycles. The molecule has 1 aromatic heterocycles. The van der Waals surface area contributed by atoms with Gasteiger partial charge in [0.15, 0.2) is 0 Å². The Bertz CT molecular complexity index is 701. The zero-order valence-electron chi connectivity index (χ0n) is 12.1. The zero-order valence-corrected chi connectivity index (χ0v) is 12.1. The molecule has 3 atom stereocenters.